The van der Waals surface area contributed by atoms with Crippen molar-refractivity contribution in [2.45, 2.75) is 57.3 Å². The van der Waals surface area contributed by atoms with Crippen molar-refractivity contribution < 1.29 is 22.4 Å². The number of aryl methyl sites for hydroxylation is 1. The second kappa shape index (κ2) is 6.47. The number of hydrazine groups is 1. The summed E-state index contributed by atoms with van der Waals surface area (Å²) in [6.45, 7) is 3.23. The monoisotopic (exact) mass is 332 g/mol. The average Bonchev–Trinajstić information content (AvgIpc) is 2.68. The molecule has 1 fully saturated rings. The Hall–Kier alpha value is -1.63. The first-order chi connectivity index (χ1) is 10.6. The predicted molar refractivity (Wildman–Crippen MR) is 77.9 cm³/mol. The highest BCUT2D eigenvalue weighted by Crippen LogP contribution is 2.35. The van der Waals surface area contributed by atoms with Crippen molar-refractivity contribution in [2.24, 2.45) is 0 Å². The molecule has 0 bridgehead atoms. The predicted octanol–water partition coefficient (Wildman–Crippen LogP) is 3.59. The lowest BCUT2D eigenvalue weighted by Gasteiger charge is -2.37. The van der Waals surface area contributed by atoms with Crippen LogP contribution < -0.4 is 5.43 Å². The number of nitrogens with one attached hydrogen (secondary N) is 1. The number of alkyl halides is 3. The summed E-state index contributed by atoms with van der Waals surface area (Å²) in [5.74, 6) is -0.772. The van der Waals surface area contributed by atoms with Crippen molar-refractivity contribution in [2.75, 3.05) is 0 Å². The topological polar surface area (TPSA) is 32.3 Å². The molecule has 1 aromatic rings. The molecule has 7 heteroatoms. The van der Waals surface area contributed by atoms with Gasteiger partial charge in [0.25, 0.3) is 0 Å². The Labute approximate surface area is 132 Å². The fraction of sp³-hybridized carbons (Fsp3) is 0.562. The summed E-state index contributed by atoms with van der Waals surface area (Å²) in [4.78, 5) is 11.5. The summed E-state index contributed by atoms with van der Waals surface area (Å²) >= 11 is 0. The van der Waals surface area contributed by atoms with Crippen LogP contribution in [0.3, 0.4) is 0 Å². The summed E-state index contributed by atoms with van der Waals surface area (Å²) in [6, 6.07) is 3.99. The van der Waals surface area contributed by atoms with Crippen LogP contribution in [0.2, 0.25) is 0 Å². The normalized spacial score (nSPS) is 19.7. The Balaban J connectivity index is 2.02. The molecule has 0 unspecified atom stereocenters. The molecule has 1 amide bonds. The SMILES string of the molecule is CC1(C)CC(=O)NN1[C@@H](CCCc1ccc(F)cc1)C(F)(F)F. The molecular formula is C16H20F4N2O. The molecule has 1 heterocycles. The van der Waals surface area contributed by atoms with Crippen molar-refractivity contribution >= 4 is 5.91 Å². The van der Waals surface area contributed by atoms with Crippen LogP contribution in [0.25, 0.3) is 0 Å². The average molecular weight is 332 g/mol. The smallest absolute Gasteiger partial charge is 0.288 e. The van der Waals surface area contributed by atoms with Crippen LogP contribution in [0.1, 0.15) is 38.7 Å². The second-order valence-electron chi connectivity index (χ2n) is 6.47. The van der Waals surface area contributed by atoms with E-state index in [0.717, 1.165) is 10.6 Å². The van der Waals surface area contributed by atoms with Crippen molar-refractivity contribution in [1.82, 2.24) is 10.4 Å². The minimum absolute atomic E-state index is 0.0392. The van der Waals surface area contributed by atoms with Gasteiger partial charge in [-0.15, -0.1) is 0 Å². The maximum absolute atomic E-state index is 13.4. The summed E-state index contributed by atoms with van der Waals surface area (Å²) in [5, 5.41) is 1.03. The molecule has 1 saturated heterocycles. The van der Waals surface area contributed by atoms with E-state index < -0.39 is 23.7 Å². The van der Waals surface area contributed by atoms with Crippen LogP contribution >= 0.6 is 0 Å². The Bertz CT molecular complexity index is 554. The van der Waals surface area contributed by atoms with E-state index in [1.54, 1.807) is 26.0 Å². The number of amides is 1. The minimum atomic E-state index is -4.43. The van der Waals surface area contributed by atoms with E-state index in [-0.39, 0.29) is 25.1 Å². The second-order valence-corrected chi connectivity index (χ2v) is 6.47. The zero-order valence-electron chi connectivity index (χ0n) is 13.1. The number of hydrogen-bond donors (Lipinski definition) is 1. The van der Waals surface area contributed by atoms with E-state index >= 15 is 0 Å². The quantitative estimate of drug-likeness (QED) is 0.836. The third kappa shape index (κ3) is 4.43. The summed E-state index contributed by atoms with van der Waals surface area (Å²) in [5.41, 5.74) is 2.24. The summed E-state index contributed by atoms with van der Waals surface area (Å²) in [6.07, 6.45) is -3.81. The van der Waals surface area contributed by atoms with Crippen LogP contribution in [0.5, 0.6) is 0 Å². The first kappa shape index (κ1) is 17.7. The van der Waals surface area contributed by atoms with Crippen molar-refractivity contribution in [1.29, 1.82) is 0 Å². The Morgan fingerprint density at radius 1 is 1.26 bits per heavy atom. The Kier molecular flexibility index (Phi) is 4.98. The highest BCUT2D eigenvalue weighted by molar-refractivity contribution is 5.78. The maximum atomic E-state index is 13.4. The fourth-order valence-electron chi connectivity index (χ4n) is 2.89. The lowest BCUT2D eigenvalue weighted by atomic mass is 9.97. The molecule has 0 aliphatic carbocycles. The number of carbonyl (C=O) groups is 1. The lowest BCUT2D eigenvalue weighted by molar-refractivity contribution is -0.202. The molecular weight excluding hydrogens is 312 g/mol. The molecule has 0 radical (unpaired) electrons. The standard InChI is InChI=1S/C16H20F4N2O/c1-15(2)10-14(23)21-22(15)13(16(18,19)20)5-3-4-11-6-8-12(17)9-7-11/h6-9,13H,3-5,10H2,1-2H3,(H,21,23)/t13-/m0/s1. The molecule has 2 rings (SSSR count). The van der Waals surface area contributed by atoms with Gasteiger partial charge in [0.1, 0.15) is 11.9 Å². The third-order valence-electron chi connectivity index (χ3n) is 4.04. The molecule has 23 heavy (non-hydrogen) atoms. The van der Waals surface area contributed by atoms with Gasteiger partial charge in [0, 0.05) is 12.0 Å². The van der Waals surface area contributed by atoms with E-state index in [1.807, 2.05) is 0 Å². The van der Waals surface area contributed by atoms with Gasteiger partial charge in [-0.25, -0.2) is 9.40 Å². The number of rotatable bonds is 5. The van der Waals surface area contributed by atoms with Gasteiger partial charge in [0.2, 0.25) is 5.91 Å². The lowest BCUT2D eigenvalue weighted by Crippen LogP contribution is -2.56. The van der Waals surface area contributed by atoms with Crippen LogP contribution in [0.15, 0.2) is 24.3 Å². The molecule has 3 nitrogen and oxygen atoms in total. The van der Waals surface area contributed by atoms with Gasteiger partial charge in [-0.1, -0.05) is 12.1 Å². The molecule has 1 aliphatic heterocycles. The highest BCUT2D eigenvalue weighted by atomic mass is 19.4. The Morgan fingerprint density at radius 2 is 1.87 bits per heavy atom. The summed E-state index contributed by atoms with van der Waals surface area (Å²) in [7, 11) is 0. The first-order valence-corrected chi connectivity index (χ1v) is 7.49. The molecule has 1 N–H and O–H groups in total. The number of benzene rings is 1. The van der Waals surface area contributed by atoms with E-state index in [9.17, 15) is 22.4 Å². The van der Waals surface area contributed by atoms with Gasteiger partial charge in [0.15, 0.2) is 0 Å². The highest BCUT2D eigenvalue weighted by Gasteiger charge is 2.51. The third-order valence-corrected chi connectivity index (χ3v) is 4.04. The molecule has 1 aromatic carbocycles. The van der Waals surface area contributed by atoms with Crippen molar-refractivity contribution in [3.63, 3.8) is 0 Å². The van der Waals surface area contributed by atoms with E-state index in [4.69, 9.17) is 0 Å². The minimum Gasteiger partial charge on any atom is -0.288 e. The zero-order valence-corrected chi connectivity index (χ0v) is 13.1. The number of nitrogens with zero attached hydrogens (tertiary/aromatic N) is 1. The molecule has 1 atom stereocenters. The maximum Gasteiger partial charge on any atom is 0.405 e. The van der Waals surface area contributed by atoms with Crippen LogP contribution in [0, 0.1) is 5.82 Å². The Morgan fingerprint density at radius 3 is 2.35 bits per heavy atom. The van der Waals surface area contributed by atoms with Gasteiger partial charge < -0.3 is 0 Å². The van der Waals surface area contributed by atoms with E-state index in [1.165, 1.54) is 12.1 Å². The van der Waals surface area contributed by atoms with Gasteiger partial charge in [0.05, 0.1) is 0 Å². The van der Waals surface area contributed by atoms with Gasteiger partial charge >= 0.3 is 6.18 Å². The van der Waals surface area contributed by atoms with E-state index in [0.29, 0.717) is 6.42 Å². The largest absolute Gasteiger partial charge is 0.405 e. The number of halogens is 4. The molecule has 128 valence electrons. The first-order valence-electron chi connectivity index (χ1n) is 7.49. The molecule has 1 aliphatic rings. The van der Waals surface area contributed by atoms with Gasteiger partial charge in [-0.3, -0.25) is 10.2 Å². The molecule has 0 saturated carbocycles. The number of carbonyl (C=O) groups excluding carboxylic acids is 1. The fourth-order valence-corrected chi connectivity index (χ4v) is 2.89. The van der Waals surface area contributed by atoms with Crippen LogP contribution in [-0.2, 0) is 11.2 Å². The van der Waals surface area contributed by atoms with Crippen LogP contribution in [0.4, 0.5) is 17.6 Å². The molecule has 0 spiro atoms. The summed E-state index contributed by atoms with van der Waals surface area (Å²) < 4.78 is 53.0. The van der Waals surface area contributed by atoms with Gasteiger partial charge in [-0.2, -0.15) is 13.2 Å². The van der Waals surface area contributed by atoms with Gasteiger partial charge in [-0.05, 0) is 50.8 Å². The zero-order chi connectivity index (χ0) is 17.3. The van der Waals surface area contributed by atoms with Crippen LogP contribution in [-0.4, -0.2) is 28.7 Å². The van der Waals surface area contributed by atoms with E-state index in [2.05, 4.69) is 5.43 Å². The number of hydrogen-bond acceptors (Lipinski definition) is 2. The molecule has 0 aromatic heterocycles. The van der Waals surface area contributed by atoms with Crippen molar-refractivity contribution in [3.8, 4) is 0 Å². The van der Waals surface area contributed by atoms with Crippen molar-refractivity contribution in [3.05, 3.63) is 35.6 Å².